The van der Waals surface area contributed by atoms with Gasteiger partial charge in [-0.3, -0.25) is 0 Å². The first-order valence-electron chi connectivity index (χ1n) is 6.73. The van der Waals surface area contributed by atoms with Crippen LogP contribution in [0.25, 0.3) is 0 Å². The molecule has 0 unspecified atom stereocenters. The van der Waals surface area contributed by atoms with Crippen molar-refractivity contribution in [2.24, 2.45) is 0 Å². The summed E-state index contributed by atoms with van der Waals surface area (Å²) in [5, 5.41) is 7.09. The van der Waals surface area contributed by atoms with Crippen LogP contribution in [-0.2, 0) is 0 Å². The van der Waals surface area contributed by atoms with Crippen molar-refractivity contribution >= 4 is 34.9 Å². The Balaban J connectivity index is 1.78. The number of benzene rings is 1. The SMILES string of the molecule is CNC1CN(c2cc(Nc3cccc(Cl)c3)nc(N)n2)C1. The molecular formula is C14H17ClN6. The Morgan fingerprint density at radius 2 is 2.10 bits per heavy atom. The number of hydrogen-bond donors (Lipinski definition) is 3. The standard InChI is InChI=1S/C14H17ClN6/c1-17-11-7-21(8-11)13-6-12(19-14(16)20-13)18-10-4-2-3-9(15)5-10/h2-6,11,17H,7-8H2,1H3,(H3,16,18,19,20). The normalized spacial score (nSPS) is 14.9. The highest BCUT2D eigenvalue weighted by Crippen LogP contribution is 2.24. The van der Waals surface area contributed by atoms with Crippen LogP contribution in [0.1, 0.15) is 0 Å². The molecule has 1 aromatic heterocycles. The van der Waals surface area contributed by atoms with Gasteiger partial charge in [0.25, 0.3) is 0 Å². The van der Waals surface area contributed by atoms with E-state index in [-0.39, 0.29) is 5.95 Å². The third-order valence-electron chi connectivity index (χ3n) is 3.44. The van der Waals surface area contributed by atoms with E-state index in [1.807, 2.05) is 37.4 Å². The second kappa shape index (κ2) is 5.75. The smallest absolute Gasteiger partial charge is 0.223 e. The summed E-state index contributed by atoms with van der Waals surface area (Å²) in [7, 11) is 1.96. The summed E-state index contributed by atoms with van der Waals surface area (Å²) in [6.07, 6.45) is 0. The molecule has 7 heteroatoms. The lowest BCUT2D eigenvalue weighted by Gasteiger charge is -2.40. The fourth-order valence-corrected chi connectivity index (χ4v) is 2.43. The van der Waals surface area contributed by atoms with E-state index in [1.165, 1.54) is 0 Å². The first-order chi connectivity index (χ1) is 10.1. The molecule has 0 atom stereocenters. The molecule has 0 bridgehead atoms. The number of halogens is 1. The van der Waals surface area contributed by atoms with E-state index in [4.69, 9.17) is 17.3 Å². The fraction of sp³-hybridized carbons (Fsp3) is 0.286. The molecule has 0 spiro atoms. The number of nitrogens with one attached hydrogen (secondary N) is 2. The summed E-state index contributed by atoms with van der Waals surface area (Å²) in [6.45, 7) is 1.84. The molecule has 1 aromatic carbocycles. The molecule has 0 saturated carbocycles. The molecule has 1 aliphatic rings. The largest absolute Gasteiger partial charge is 0.368 e. The highest BCUT2D eigenvalue weighted by Gasteiger charge is 2.26. The van der Waals surface area contributed by atoms with Crippen molar-refractivity contribution in [3.63, 3.8) is 0 Å². The Hall–Kier alpha value is -2.05. The van der Waals surface area contributed by atoms with Gasteiger partial charge in [-0.05, 0) is 25.2 Å². The number of likely N-dealkylation sites (N-methyl/N-ethyl adjacent to an activating group) is 1. The second-order valence-corrected chi connectivity index (χ2v) is 5.43. The molecule has 1 saturated heterocycles. The van der Waals surface area contributed by atoms with Crippen molar-refractivity contribution in [2.75, 3.05) is 36.1 Å². The maximum Gasteiger partial charge on any atom is 0.223 e. The van der Waals surface area contributed by atoms with Gasteiger partial charge in [-0.25, -0.2) is 0 Å². The Labute approximate surface area is 128 Å². The van der Waals surface area contributed by atoms with Crippen LogP contribution >= 0.6 is 11.6 Å². The molecule has 0 amide bonds. The van der Waals surface area contributed by atoms with Gasteiger partial charge in [0.1, 0.15) is 11.6 Å². The average Bonchev–Trinajstić information content (AvgIpc) is 2.36. The van der Waals surface area contributed by atoms with Crippen molar-refractivity contribution in [1.29, 1.82) is 0 Å². The zero-order valence-electron chi connectivity index (χ0n) is 11.7. The third kappa shape index (κ3) is 3.17. The Kier molecular flexibility index (Phi) is 3.81. The zero-order chi connectivity index (χ0) is 14.8. The number of hydrogen-bond acceptors (Lipinski definition) is 6. The predicted octanol–water partition coefficient (Wildman–Crippen LogP) is 1.86. The number of nitrogens with zero attached hydrogens (tertiary/aromatic N) is 3. The van der Waals surface area contributed by atoms with Gasteiger partial charge in [0.2, 0.25) is 5.95 Å². The van der Waals surface area contributed by atoms with Crippen LogP contribution < -0.4 is 21.3 Å². The fourth-order valence-electron chi connectivity index (χ4n) is 2.24. The van der Waals surface area contributed by atoms with Gasteiger partial charge < -0.3 is 21.3 Å². The molecule has 2 aromatic rings. The predicted molar refractivity (Wildman–Crippen MR) is 86.2 cm³/mol. The van der Waals surface area contributed by atoms with Crippen molar-refractivity contribution in [1.82, 2.24) is 15.3 Å². The summed E-state index contributed by atoms with van der Waals surface area (Å²) in [4.78, 5) is 10.6. The molecule has 0 radical (unpaired) electrons. The van der Waals surface area contributed by atoms with Crippen molar-refractivity contribution in [3.05, 3.63) is 35.4 Å². The Bertz CT molecular complexity index is 641. The molecule has 21 heavy (non-hydrogen) atoms. The van der Waals surface area contributed by atoms with E-state index in [9.17, 15) is 0 Å². The maximum atomic E-state index is 5.98. The van der Waals surface area contributed by atoms with Gasteiger partial charge in [-0.15, -0.1) is 0 Å². The first-order valence-corrected chi connectivity index (χ1v) is 7.11. The Morgan fingerprint density at radius 3 is 2.81 bits per heavy atom. The third-order valence-corrected chi connectivity index (χ3v) is 3.68. The van der Waals surface area contributed by atoms with E-state index in [2.05, 4.69) is 25.5 Å². The highest BCUT2D eigenvalue weighted by atomic mass is 35.5. The van der Waals surface area contributed by atoms with E-state index in [0.717, 1.165) is 24.6 Å². The van der Waals surface area contributed by atoms with Crippen LogP contribution in [0.4, 0.5) is 23.3 Å². The molecule has 6 nitrogen and oxygen atoms in total. The van der Waals surface area contributed by atoms with Crippen LogP contribution in [0, 0.1) is 0 Å². The molecule has 2 heterocycles. The molecule has 0 aliphatic carbocycles. The number of nitrogens with two attached hydrogens (primary N) is 1. The molecule has 1 aliphatic heterocycles. The summed E-state index contributed by atoms with van der Waals surface area (Å²) in [5.74, 6) is 1.75. The number of nitrogen functional groups attached to an aromatic ring is 1. The van der Waals surface area contributed by atoms with Crippen molar-refractivity contribution in [3.8, 4) is 0 Å². The summed E-state index contributed by atoms with van der Waals surface area (Å²) in [6, 6.07) is 9.85. The van der Waals surface area contributed by atoms with Gasteiger partial charge in [0.05, 0.1) is 0 Å². The zero-order valence-corrected chi connectivity index (χ0v) is 12.4. The van der Waals surface area contributed by atoms with Crippen LogP contribution in [0.3, 0.4) is 0 Å². The molecule has 4 N–H and O–H groups in total. The molecule has 3 rings (SSSR count). The Morgan fingerprint density at radius 1 is 1.29 bits per heavy atom. The minimum atomic E-state index is 0.255. The van der Waals surface area contributed by atoms with Gasteiger partial charge in [0.15, 0.2) is 0 Å². The van der Waals surface area contributed by atoms with Gasteiger partial charge in [-0.2, -0.15) is 9.97 Å². The van der Waals surface area contributed by atoms with Gasteiger partial charge >= 0.3 is 0 Å². The minimum absolute atomic E-state index is 0.255. The monoisotopic (exact) mass is 304 g/mol. The first kappa shape index (κ1) is 13.9. The number of anilines is 4. The van der Waals surface area contributed by atoms with Gasteiger partial charge in [0, 0.05) is 35.9 Å². The van der Waals surface area contributed by atoms with Crippen LogP contribution in [-0.4, -0.2) is 36.1 Å². The number of aromatic nitrogens is 2. The van der Waals surface area contributed by atoms with Crippen molar-refractivity contribution < 1.29 is 0 Å². The van der Waals surface area contributed by atoms with Crippen LogP contribution in [0.2, 0.25) is 5.02 Å². The summed E-state index contributed by atoms with van der Waals surface area (Å²) < 4.78 is 0. The van der Waals surface area contributed by atoms with Crippen LogP contribution in [0.5, 0.6) is 0 Å². The minimum Gasteiger partial charge on any atom is -0.368 e. The van der Waals surface area contributed by atoms with E-state index < -0.39 is 0 Å². The number of rotatable bonds is 4. The van der Waals surface area contributed by atoms with Crippen LogP contribution in [0.15, 0.2) is 30.3 Å². The van der Waals surface area contributed by atoms with E-state index >= 15 is 0 Å². The summed E-state index contributed by atoms with van der Waals surface area (Å²) in [5.41, 5.74) is 6.66. The van der Waals surface area contributed by atoms with E-state index in [0.29, 0.717) is 16.9 Å². The van der Waals surface area contributed by atoms with Crippen molar-refractivity contribution in [2.45, 2.75) is 6.04 Å². The lowest BCUT2D eigenvalue weighted by Crippen LogP contribution is -2.57. The van der Waals surface area contributed by atoms with E-state index in [1.54, 1.807) is 0 Å². The summed E-state index contributed by atoms with van der Waals surface area (Å²) >= 11 is 5.98. The topological polar surface area (TPSA) is 79.1 Å². The second-order valence-electron chi connectivity index (χ2n) is 5.00. The molecule has 1 fully saturated rings. The molecule has 110 valence electrons. The maximum absolute atomic E-state index is 5.98. The van der Waals surface area contributed by atoms with Gasteiger partial charge in [-0.1, -0.05) is 17.7 Å². The lowest BCUT2D eigenvalue weighted by molar-refractivity contribution is 0.447. The lowest BCUT2D eigenvalue weighted by atomic mass is 10.1. The molecular weight excluding hydrogens is 288 g/mol. The quantitative estimate of drug-likeness (QED) is 0.800. The highest BCUT2D eigenvalue weighted by molar-refractivity contribution is 6.30. The average molecular weight is 305 g/mol.